The number of amides is 1. The molecule has 0 aliphatic heterocycles. The van der Waals surface area contributed by atoms with Crippen LogP contribution in [-0.2, 0) is 17.8 Å². The summed E-state index contributed by atoms with van der Waals surface area (Å²) in [5.41, 5.74) is 4.07. The van der Waals surface area contributed by atoms with E-state index in [-0.39, 0.29) is 5.91 Å². The Morgan fingerprint density at radius 3 is 2.65 bits per heavy atom. The maximum Gasteiger partial charge on any atom is 0.277 e. The predicted octanol–water partition coefficient (Wildman–Crippen LogP) is 2.96. The summed E-state index contributed by atoms with van der Waals surface area (Å²) in [6.07, 6.45) is 5.62. The fraction of sp³-hybridized carbons (Fsp3) is 0.409. The van der Waals surface area contributed by atoms with Crippen molar-refractivity contribution >= 4 is 17.7 Å². The van der Waals surface area contributed by atoms with E-state index in [0.29, 0.717) is 19.1 Å². The zero-order valence-corrected chi connectivity index (χ0v) is 16.8. The van der Waals surface area contributed by atoms with Crippen LogP contribution in [0, 0.1) is 0 Å². The van der Waals surface area contributed by atoms with Crippen LogP contribution in [0.2, 0.25) is 0 Å². The van der Waals surface area contributed by atoms with Crippen molar-refractivity contribution in [3.63, 3.8) is 0 Å². The molecule has 1 aliphatic carbocycles. The number of hydrogen-bond acceptors (Lipinski definition) is 2. The third-order valence-electron chi connectivity index (χ3n) is 5.40. The number of hydrogen-bond donors (Lipinski definition) is 1. The second kappa shape index (κ2) is 8.74. The van der Waals surface area contributed by atoms with Gasteiger partial charge in [0.1, 0.15) is 6.04 Å². The fourth-order valence-electron chi connectivity index (χ4n) is 3.86. The van der Waals surface area contributed by atoms with E-state index in [1.807, 2.05) is 11.9 Å². The summed E-state index contributed by atoms with van der Waals surface area (Å²) < 4.78 is 0. The Morgan fingerprint density at radius 2 is 1.92 bits per heavy atom. The van der Waals surface area contributed by atoms with Crippen LogP contribution in [0.25, 0.3) is 0 Å². The van der Waals surface area contributed by atoms with E-state index in [9.17, 15) is 4.79 Å². The normalized spacial score (nSPS) is 17.4. The smallest absolute Gasteiger partial charge is 0.277 e. The standard InChI is InChI=1S/C22H28N2OS/c1-23(21-10-6-8-18-7-4-5-9-20(18)21)16-22(25)24(2)15-17-11-13-19(26-3)14-12-17/h4-5,7,9,11-14,21H,6,8,10,15-16H2,1-3H3/p+1/t21-/m0/s1. The number of carbonyl (C=O) groups is 1. The van der Waals surface area contributed by atoms with Crippen molar-refractivity contribution in [2.75, 3.05) is 26.9 Å². The number of benzene rings is 2. The van der Waals surface area contributed by atoms with Crippen molar-refractivity contribution in [1.82, 2.24) is 4.90 Å². The summed E-state index contributed by atoms with van der Waals surface area (Å²) in [6, 6.07) is 17.6. The lowest BCUT2D eigenvalue weighted by atomic mass is 9.87. The van der Waals surface area contributed by atoms with Gasteiger partial charge >= 0.3 is 0 Å². The second-order valence-corrected chi connectivity index (χ2v) is 8.14. The molecule has 2 aromatic carbocycles. The van der Waals surface area contributed by atoms with Crippen LogP contribution in [0.3, 0.4) is 0 Å². The van der Waals surface area contributed by atoms with Crippen molar-refractivity contribution in [2.45, 2.75) is 36.7 Å². The average Bonchev–Trinajstić information content (AvgIpc) is 2.68. The molecule has 0 aromatic heterocycles. The van der Waals surface area contributed by atoms with Gasteiger partial charge in [0.05, 0.1) is 7.05 Å². The molecule has 2 aromatic rings. The minimum absolute atomic E-state index is 0.208. The molecule has 1 aliphatic rings. The highest BCUT2D eigenvalue weighted by atomic mass is 32.2. The first kappa shape index (κ1) is 19.0. The summed E-state index contributed by atoms with van der Waals surface area (Å²) in [5.74, 6) is 0.208. The number of rotatable bonds is 6. The van der Waals surface area contributed by atoms with Crippen LogP contribution < -0.4 is 4.90 Å². The van der Waals surface area contributed by atoms with Gasteiger partial charge in [0.15, 0.2) is 6.54 Å². The molecule has 0 saturated heterocycles. The zero-order chi connectivity index (χ0) is 18.5. The third-order valence-corrected chi connectivity index (χ3v) is 6.14. The van der Waals surface area contributed by atoms with Crippen LogP contribution in [0.4, 0.5) is 0 Å². The average molecular weight is 370 g/mol. The Kier molecular flexibility index (Phi) is 6.38. The van der Waals surface area contributed by atoms with Gasteiger partial charge in [0.2, 0.25) is 0 Å². The molecule has 1 amide bonds. The quantitative estimate of drug-likeness (QED) is 0.792. The minimum Gasteiger partial charge on any atom is -0.337 e. The number of fused-ring (bicyclic) bond motifs is 1. The second-order valence-electron chi connectivity index (χ2n) is 7.26. The summed E-state index contributed by atoms with van der Waals surface area (Å²) in [6.45, 7) is 1.21. The van der Waals surface area contributed by atoms with Gasteiger partial charge in [0, 0.05) is 30.5 Å². The Morgan fingerprint density at radius 1 is 1.19 bits per heavy atom. The summed E-state index contributed by atoms with van der Waals surface area (Å²) in [4.78, 5) is 17.1. The van der Waals surface area contributed by atoms with Crippen molar-refractivity contribution in [3.8, 4) is 0 Å². The fourth-order valence-corrected chi connectivity index (χ4v) is 4.26. The predicted molar refractivity (Wildman–Crippen MR) is 109 cm³/mol. The van der Waals surface area contributed by atoms with Crippen LogP contribution >= 0.6 is 11.8 Å². The van der Waals surface area contributed by atoms with E-state index in [2.05, 4.69) is 61.8 Å². The highest BCUT2D eigenvalue weighted by molar-refractivity contribution is 7.98. The first-order valence-electron chi connectivity index (χ1n) is 9.35. The van der Waals surface area contributed by atoms with E-state index >= 15 is 0 Å². The number of carbonyl (C=O) groups excluding carboxylic acids is 1. The summed E-state index contributed by atoms with van der Waals surface area (Å²) in [5, 5.41) is 0. The largest absolute Gasteiger partial charge is 0.337 e. The molecule has 2 atom stereocenters. The van der Waals surface area contributed by atoms with E-state index in [1.165, 1.54) is 39.3 Å². The number of nitrogens with zero attached hydrogens (tertiary/aromatic N) is 1. The van der Waals surface area contributed by atoms with Crippen LogP contribution in [0.15, 0.2) is 53.4 Å². The van der Waals surface area contributed by atoms with Gasteiger partial charge in [-0.2, -0.15) is 0 Å². The van der Waals surface area contributed by atoms with E-state index in [0.717, 1.165) is 6.42 Å². The number of quaternary nitrogens is 1. The summed E-state index contributed by atoms with van der Waals surface area (Å²) >= 11 is 1.74. The molecule has 0 heterocycles. The van der Waals surface area contributed by atoms with Crippen LogP contribution in [0.1, 0.15) is 35.6 Å². The molecule has 0 saturated carbocycles. The van der Waals surface area contributed by atoms with Crippen LogP contribution in [0.5, 0.6) is 0 Å². The van der Waals surface area contributed by atoms with Crippen LogP contribution in [-0.4, -0.2) is 37.7 Å². The molecular formula is C22H29N2OS+. The van der Waals surface area contributed by atoms with E-state index in [4.69, 9.17) is 0 Å². The van der Waals surface area contributed by atoms with Crippen molar-refractivity contribution < 1.29 is 9.69 Å². The molecule has 1 unspecified atom stereocenters. The molecule has 1 N–H and O–H groups in total. The Bertz CT molecular complexity index is 744. The zero-order valence-electron chi connectivity index (χ0n) is 16.0. The molecular weight excluding hydrogens is 340 g/mol. The number of nitrogens with one attached hydrogen (secondary N) is 1. The first-order chi connectivity index (χ1) is 12.6. The molecule has 0 radical (unpaired) electrons. The number of aryl methyl sites for hydroxylation is 1. The third kappa shape index (κ3) is 4.49. The Balaban J connectivity index is 1.60. The lowest BCUT2D eigenvalue weighted by Gasteiger charge is -2.31. The monoisotopic (exact) mass is 369 g/mol. The Hall–Kier alpha value is -1.78. The van der Waals surface area contributed by atoms with Gasteiger partial charge in [0.25, 0.3) is 5.91 Å². The van der Waals surface area contributed by atoms with E-state index in [1.54, 1.807) is 11.8 Å². The Labute approximate surface area is 161 Å². The van der Waals surface area contributed by atoms with Gasteiger partial charge < -0.3 is 9.80 Å². The highest BCUT2D eigenvalue weighted by Gasteiger charge is 2.28. The molecule has 26 heavy (non-hydrogen) atoms. The van der Waals surface area contributed by atoms with Gasteiger partial charge in [-0.25, -0.2) is 0 Å². The first-order valence-corrected chi connectivity index (χ1v) is 10.6. The minimum atomic E-state index is 0.208. The number of likely N-dealkylation sites (N-methyl/N-ethyl adjacent to an activating group) is 2. The van der Waals surface area contributed by atoms with Gasteiger partial charge in [-0.05, 0) is 42.4 Å². The van der Waals surface area contributed by atoms with E-state index < -0.39 is 0 Å². The maximum atomic E-state index is 12.7. The molecule has 0 bridgehead atoms. The molecule has 3 nitrogen and oxygen atoms in total. The molecule has 4 heteroatoms. The summed E-state index contributed by atoms with van der Waals surface area (Å²) in [7, 11) is 4.07. The lowest BCUT2D eigenvalue weighted by Crippen LogP contribution is -3.10. The van der Waals surface area contributed by atoms with Gasteiger partial charge in [-0.3, -0.25) is 4.79 Å². The molecule has 3 rings (SSSR count). The van der Waals surface area contributed by atoms with Crippen molar-refractivity contribution in [3.05, 3.63) is 65.2 Å². The topological polar surface area (TPSA) is 24.8 Å². The number of thioether (sulfide) groups is 1. The molecule has 138 valence electrons. The molecule has 0 spiro atoms. The van der Waals surface area contributed by atoms with Gasteiger partial charge in [-0.1, -0.05) is 36.4 Å². The lowest BCUT2D eigenvalue weighted by molar-refractivity contribution is -0.905. The molecule has 0 fully saturated rings. The van der Waals surface area contributed by atoms with Crippen molar-refractivity contribution in [1.29, 1.82) is 0 Å². The maximum absolute atomic E-state index is 12.7. The van der Waals surface area contributed by atoms with Gasteiger partial charge in [-0.15, -0.1) is 11.8 Å². The SMILES string of the molecule is CSc1ccc(CN(C)C(=O)C[NH+](C)[C@H]2CCCc3ccccc32)cc1. The van der Waals surface area contributed by atoms with Crippen molar-refractivity contribution in [2.24, 2.45) is 0 Å². The highest BCUT2D eigenvalue weighted by Crippen LogP contribution is 2.27.